The van der Waals surface area contributed by atoms with E-state index in [0.717, 1.165) is 0 Å². The zero-order valence-corrected chi connectivity index (χ0v) is 9.23. The van der Waals surface area contributed by atoms with Gasteiger partial charge in [0.2, 0.25) is 0 Å². The van der Waals surface area contributed by atoms with Crippen molar-refractivity contribution in [2.75, 3.05) is 0 Å². The van der Waals surface area contributed by atoms with E-state index in [9.17, 15) is 14.7 Å². The molecule has 5 nitrogen and oxygen atoms in total. The Kier molecular flexibility index (Phi) is 5.93. The van der Waals surface area contributed by atoms with Crippen LogP contribution in [-0.4, -0.2) is 35.4 Å². The fourth-order valence-electron chi connectivity index (χ4n) is 1.18. The first-order chi connectivity index (χ1) is 6.88. The van der Waals surface area contributed by atoms with Crippen LogP contribution >= 0.6 is 0 Å². The fraction of sp³-hybridized carbons (Fsp3) is 0.700. The molecule has 0 amide bonds. The van der Waals surface area contributed by atoms with E-state index >= 15 is 0 Å². The lowest BCUT2D eigenvalue weighted by Crippen LogP contribution is -2.41. The standard InChI is InChI=1S/C10H17O5/c1-5-9(14-7(3)12)10(6(2)11)15-8(4)13/h6,9-11H,1,5H2,2-4H3. The van der Waals surface area contributed by atoms with Gasteiger partial charge in [0.1, 0.15) is 6.10 Å². The van der Waals surface area contributed by atoms with E-state index in [2.05, 4.69) is 6.92 Å². The summed E-state index contributed by atoms with van der Waals surface area (Å²) in [7, 11) is 0. The minimum atomic E-state index is -0.917. The maximum Gasteiger partial charge on any atom is 0.303 e. The van der Waals surface area contributed by atoms with Gasteiger partial charge in [0, 0.05) is 13.8 Å². The van der Waals surface area contributed by atoms with Crippen LogP contribution in [0.2, 0.25) is 0 Å². The van der Waals surface area contributed by atoms with Gasteiger partial charge in [-0.25, -0.2) is 0 Å². The second kappa shape index (κ2) is 6.40. The molecule has 0 aliphatic rings. The van der Waals surface area contributed by atoms with Crippen molar-refractivity contribution in [3.05, 3.63) is 6.92 Å². The summed E-state index contributed by atoms with van der Waals surface area (Å²) in [6, 6.07) is 0. The number of esters is 2. The largest absolute Gasteiger partial charge is 0.458 e. The Morgan fingerprint density at radius 1 is 1.27 bits per heavy atom. The summed E-state index contributed by atoms with van der Waals surface area (Å²) in [4.78, 5) is 21.5. The SMILES string of the molecule is [CH2]CC(OC(C)=O)C(OC(C)=O)C(C)O. The van der Waals surface area contributed by atoms with Crippen LogP contribution < -0.4 is 0 Å². The lowest BCUT2D eigenvalue weighted by Gasteiger charge is -2.27. The number of carbonyl (C=O) groups excluding carboxylic acids is 2. The predicted molar refractivity (Wildman–Crippen MR) is 52.8 cm³/mol. The summed E-state index contributed by atoms with van der Waals surface area (Å²) < 4.78 is 9.74. The average Bonchev–Trinajstić information content (AvgIpc) is 2.09. The normalized spacial score (nSPS) is 16.3. The van der Waals surface area contributed by atoms with Crippen LogP contribution in [0.3, 0.4) is 0 Å². The van der Waals surface area contributed by atoms with E-state index < -0.39 is 30.3 Å². The molecule has 3 atom stereocenters. The molecule has 87 valence electrons. The second-order valence-corrected chi connectivity index (χ2v) is 3.25. The quantitative estimate of drug-likeness (QED) is 0.677. The van der Waals surface area contributed by atoms with Gasteiger partial charge in [-0.15, -0.1) is 0 Å². The van der Waals surface area contributed by atoms with E-state index in [-0.39, 0.29) is 6.42 Å². The molecule has 15 heavy (non-hydrogen) atoms. The molecule has 0 aliphatic carbocycles. The van der Waals surface area contributed by atoms with Crippen molar-refractivity contribution in [1.82, 2.24) is 0 Å². The molecule has 0 saturated heterocycles. The molecular formula is C10H17O5. The zero-order chi connectivity index (χ0) is 12.0. The molecule has 0 heterocycles. The van der Waals surface area contributed by atoms with Crippen LogP contribution in [0, 0.1) is 6.92 Å². The number of aliphatic hydroxyl groups is 1. The van der Waals surface area contributed by atoms with Gasteiger partial charge in [-0.1, -0.05) is 0 Å². The molecular weight excluding hydrogens is 200 g/mol. The van der Waals surface area contributed by atoms with E-state index in [1.165, 1.54) is 20.8 Å². The molecule has 0 rings (SSSR count). The fourth-order valence-corrected chi connectivity index (χ4v) is 1.18. The minimum Gasteiger partial charge on any atom is -0.458 e. The van der Waals surface area contributed by atoms with Gasteiger partial charge in [-0.2, -0.15) is 0 Å². The van der Waals surface area contributed by atoms with Crippen LogP contribution in [-0.2, 0) is 19.1 Å². The monoisotopic (exact) mass is 217 g/mol. The number of carbonyl (C=O) groups is 2. The summed E-state index contributed by atoms with van der Waals surface area (Å²) in [6.07, 6.45) is -2.28. The van der Waals surface area contributed by atoms with Crippen molar-refractivity contribution >= 4 is 11.9 Å². The molecule has 0 aromatic heterocycles. The molecule has 0 fully saturated rings. The Balaban J connectivity index is 4.54. The third kappa shape index (κ3) is 5.37. The van der Waals surface area contributed by atoms with Crippen LogP contribution in [0.5, 0.6) is 0 Å². The topological polar surface area (TPSA) is 72.8 Å². The zero-order valence-electron chi connectivity index (χ0n) is 9.23. The van der Waals surface area contributed by atoms with Crippen LogP contribution in [0.4, 0.5) is 0 Å². The Morgan fingerprint density at radius 2 is 1.73 bits per heavy atom. The number of rotatable bonds is 5. The van der Waals surface area contributed by atoms with Crippen molar-refractivity contribution in [2.45, 2.75) is 45.5 Å². The van der Waals surface area contributed by atoms with Gasteiger partial charge in [-0.05, 0) is 20.3 Å². The van der Waals surface area contributed by atoms with E-state index in [4.69, 9.17) is 9.47 Å². The maximum absolute atomic E-state index is 10.8. The molecule has 3 unspecified atom stereocenters. The van der Waals surface area contributed by atoms with Gasteiger partial charge < -0.3 is 14.6 Å². The molecule has 1 N–H and O–H groups in total. The first kappa shape index (κ1) is 13.9. The smallest absolute Gasteiger partial charge is 0.303 e. The molecule has 0 bridgehead atoms. The van der Waals surface area contributed by atoms with Crippen molar-refractivity contribution in [3.8, 4) is 0 Å². The minimum absolute atomic E-state index is 0.225. The Labute approximate surface area is 89.4 Å². The summed E-state index contributed by atoms with van der Waals surface area (Å²) in [5.41, 5.74) is 0. The van der Waals surface area contributed by atoms with Gasteiger partial charge in [0.05, 0.1) is 6.10 Å². The highest BCUT2D eigenvalue weighted by Gasteiger charge is 2.29. The summed E-state index contributed by atoms with van der Waals surface area (Å²) in [6.45, 7) is 7.50. The molecule has 0 aromatic rings. The van der Waals surface area contributed by atoms with E-state index in [0.29, 0.717) is 0 Å². The highest BCUT2D eigenvalue weighted by Crippen LogP contribution is 2.13. The Morgan fingerprint density at radius 3 is 2.00 bits per heavy atom. The first-order valence-corrected chi connectivity index (χ1v) is 4.70. The molecule has 0 aliphatic heterocycles. The van der Waals surface area contributed by atoms with E-state index in [1.807, 2.05) is 0 Å². The van der Waals surface area contributed by atoms with Crippen LogP contribution in [0.25, 0.3) is 0 Å². The Hall–Kier alpha value is -1.10. The van der Waals surface area contributed by atoms with Crippen molar-refractivity contribution in [2.24, 2.45) is 0 Å². The van der Waals surface area contributed by atoms with Gasteiger partial charge >= 0.3 is 11.9 Å². The molecule has 0 saturated carbocycles. The maximum atomic E-state index is 10.8. The number of hydrogen-bond acceptors (Lipinski definition) is 5. The molecule has 5 heteroatoms. The van der Waals surface area contributed by atoms with Crippen molar-refractivity contribution < 1.29 is 24.2 Å². The van der Waals surface area contributed by atoms with Crippen LogP contribution in [0.1, 0.15) is 27.2 Å². The number of hydrogen-bond donors (Lipinski definition) is 1. The summed E-state index contributed by atoms with van der Waals surface area (Å²) in [5, 5.41) is 9.38. The highest BCUT2D eigenvalue weighted by atomic mass is 16.6. The van der Waals surface area contributed by atoms with Gasteiger partial charge in [-0.3, -0.25) is 9.59 Å². The second-order valence-electron chi connectivity index (χ2n) is 3.25. The van der Waals surface area contributed by atoms with E-state index in [1.54, 1.807) is 0 Å². The third-order valence-electron chi connectivity index (χ3n) is 1.75. The lowest BCUT2D eigenvalue weighted by molar-refractivity contribution is -0.173. The average molecular weight is 217 g/mol. The summed E-state index contributed by atoms with van der Waals surface area (Å²) >= 11 is 0. The predicted octanol–water partition coefficient (Wildman–Crippen LogP) is 0.455. The third-order valence-corrected chi connectivity index (χ3v) is 1.75. The van der Waals surface area contributed by atoms with Crippen molar-refractivity contribution in [1.29, 1.82) is 0 Å². The van der Waals surface area contributed by atoms with Gasteiger partial charge in [0.25, 0.3) is 0 Å². The number of ether oxygens (including phenoxy) is 2. The highest BCUT2D eigenvalue weighted by molar-refractivity contribution is 5.67. The van der Waals surface area contributed by atoms with Crippen LogP contribution in [0.15, 0.2) is 0 Å². The molecule has 0 aromatic carbocycles. The first-order valence-electron chi connectivity index (χ1n) is 4.70. The summed E-state index contributed by atoms with van der Waals surface area (Å²) in [5.74, 6) is -1.03. The van der Waals surface area contributed by atoms with Gasteiger partial charge in [0.15, 0.2) is 6.10 Å². The van der Waals surface area contributed by atoms with Crippen molar-refractivity contribution in [3.63, 3.8) is 0 Å². The molecule has 1 radical (unpaired) electrons. The Bertz CT molecular complexity index is 224. The lowest BCUT2D eigenvalue weighted by atomic mass is 10.1. The number of aliphatic hydroxyl groups excluding tert-OH is 1. The molecule has 0 spiro atoms.